The summed E-state index contributed by atoms with van der Waals surface area (Å²) in [5.74, 6) is 0. The molecule has 0 fully saturated rings. The first-order valence-electron chi connectivity index (χ1n) is 2.77. The summed E-state index contributed by atoms with van der Waals surface area (Å²) in [7, 11) is 0. The Labute approximate surface area is 66.4 Å². The second-order valence-corrected chi connectivity index (χ2v) is 2.48. The third-order valence-corrected chi connectivity index (χ3v) is 1.75. The number of H-pyrrole nitrogens is 1. The second-order valence-electron chi connectivity index (χ2n) is 1.92. The molecule has 0 atom stereocenters. The number of nitrogen functional groups attached to an aromatic ring is 1. The van der Waals surface area contributed by atoms with Crippen LogP contribution in [0.15, 0.2) is 17.1 Å². The molecule has 0 unspecified atom stereocenters. The molecule has 0 saturated heterocycles. The maximum atomic E-state index is 10.9. The van der Waals surface area contributed by atoms with E-state index in [-0.39, 0.29) is 5.56 Å². The predicted octanol–water partition coefficient (Wildman–Crippen LogP) is 0.852. The van der Waals surface area contributed by atoms with E-state index in [1.54, 1.807) is 6.07 Å². The van der Waals surface area contributed by atoms with Crippen LogP contribution in [0.25, 0.3) is 0 Å². The zero-order valence-electron chi connectivity index (χ0n) is 5.23. The summed E-state index contributed by atoms with van der Waals surface area (Å²) >= 11 is 3.17. The molecule has 0 saturated carbocycles. The molecule has 3 N–H and O–H groups in total. The van der Waals surface area contributed by atoms with E-state index in [2.05, 4.69) is 20.9 Å². The van der Waals surface area contributed by atoms with Gasteiger partial charge in [0, 0.05) is 22.8 Å². The standard InChI is InChI=1S/C6H7BrN2O/c7-2-4-1-5(8)3-9-6(4)10/h1,3H,2,8H2,(H,9,10). The fraction of sp³-hybridized carbons (Fsp3) is 0.167. The first kappa shape index (κ1) is 7.34. The molecule has 1 heterocycles. The zero-order chi connectivity index (χ0) is 7.56. The molecule has 54 valence electrons. The molecule has 0 radical (unpaired) electrons. The van der Waals surface area contributed by atoms with Gasteiger partial charge in [-0.3, -0.25) is 4.79 Å². The molecule has 0 aromatic carbocycles. The van der Waals surface area contributed by atoms with Gasteiger partial charge in [0.1, 0.15) is 0 Å². The molecule has 0 bridgehead atoms. The van der Waals surface area contributed by atoms with Crippen LogP contribution in [0.3, 0.4) is 0 Å². The Bertz CT molecular complexity index is 281. The number of hydrogen-bond donors (Lipinski definition) is 2. The Balaban J connectivity index is 3.22. The van der Waals surface area contributed by atoms with E-state index in [0.717, 1.165) is 0 Å². The minimum absolute atomic E-state index is 0.0916. The molecule has 0 amide bonds. The molecular weight excluding hydrogens is 196 g/mol. The summed E-state index contributed by atoms with van der Waals surface area (Å²) in [5, 5.41) is 0.535. The molecule has 1 aromatic rings. The normalized spacial score (nSPS) is 9.70. The van der Waals surface area contributed by atoms with Crippen molar-refractivity contribution in [3.63, 3.8) is 0 Å². The largest absolute Gasteiger partial charge is 0.398 e. The summed E-state index contributed by atoms with van der Waals surface area (Å²) in [6.45, 7) is 0. The SMILES string of the molecule is Nc1c[nH]c(=O)c(CBr)c1. The van der Waals surface area contributed by atoms with Gasteiger partial charge in [-0.1, -0.05) is 15.9 Å². The van der Waals surface area contributed by atoms with Gasteiger partial charge in [-0.15, -0.1) is 0 Å². The average Bonchev–Trinajstić information content (AvgIpc) is 1.94. The van der Waals surface area contributed by atoms with Crippen molar-refractivity contribution in [2.75, 3.05) is 5.73 Å². The van der Waals surface area contributed by atoms with Gasteiger partial charge in [0.2, 0.25) is 0 Å². The fourth-order valence-electron chi connectivity index (χ4n) is 0.649. The number of halogens is 1. The van der Waals surface area contributed by atoms with Gasteiger partial charge in [0.15, 0.2) is 0 Å². The Kier molecular flexibility index (Phi) is 2.11. The van der Waals surface area contributed by atoms with Gasteiger partial charge >= 0.3 is 0 Å². The first-order valence-corrected chi connectivity index (χ1v) is 3.89. The number of nitrogens with one attached hydrogen (secondary N) is 1. The lowest BCUT2D eigenvalue weighted by Gasteiger charge is -1.94. The van der Waals surface area contributed by atoms with Crippen LogP contribution in [0.2, 0.25) is 0 Å². The number of nitrogens with two attached hydrogens (primary N) is 1. The van der Waals surface area contributed by atoms with Crippen LogP contribution in [0.5, 0.6) is 0 Å². The monoisotopic (exact) mass is 202 g/mol. The van der Waals surface area contributed by atoms with E-state index in [0.29, 0.717) is 16.6 Å². The predicted molar refractivity (Wildman–Crippen MR) is 44.1 cm³/mol. The minimum atomic E-state index is -0.0916. The minimum Gasteiger partial charge on any atom is -0.398 e. The fourth-order valence-corrected chi connectivity index (χ4v) is 1.07. The number of pyridine rings is 1. The smallest absolute Gasteiger partial charge is 0.252 e. The summed E-state index contributed by atoms with van der Waals surface area (Å²) in [4.78, 5) is 13.4. The maximum absolute atomic E-state index is 10.9. The van der Waals surface area contributed by atoms with E-state index >= 15 is 0 Å². The Morgan fingerprint density at radius 1 is 1.70 bits per heavy atom. The summed E-state index contributed by atoms with van der Waals surface area (Å²) in [5.41, 5.74) is 6.55. The van der Waals surface area contributed by atoms with E-state index in [4.69, 9.17) is 5.73 Å². The third kappa shape index (κ3) is 1.39. The quantitative estimate of drug-likeness (QED) is 0.664. The lowest BCUT2D eigenvalue weighted by atomic mass is 10.3. The van der Waals surface area contributed by atoms with Crippen LogP contribution in [-0.4, -0.2) is 4.98 Å². The van der Waals surface area contributed by atoms with Crippen molar-refractivity contribution in [1.29, 1.82) is 0 Å². The van der Waals surface area contributed by atoms with E-state index in [1.807, 2.05) is 0 Å². The number of aromatic nitrogens is 1. The zero-order valence-corrected chi connectivity index (χ0v) is 6.81. The summed E-state index contributed by atoms with van der Waals surface area (Å²) in [6.07, 6.45) is 1.48. The van der Waals surface area contributed by atoms with Crippen LogP contribution in [-0.2, 0) is 5.33 Å². The number of anilines is 1. The second kappa shape index (κ2) is 2.88. The van der Waals surface area contributed by atoms with Crippen molar-refractivity contribution < 1.29 is 0 Å². The van der Waals surface area contributed by atoms with Crippen molar-refractivity contribution in [3.8, 4) is 0 Å². The molecule has 0 aliphatic rings. The van der Waals surface area contributed by atoms with Crippen molar-refractivity contribution in [1.82, 2.24) is 4.98 Å². The van der Waals surface area contributed by atoms with Crippen molar-refractivity contribution in [2.45, 2.75) is 5.33 Å². The van der Waals surface area contributed by atoms with Gasteiger partial charge in [0.05, 0.1) is 0 Å². The van der Waals surface area contributed by atoms with Gasteiger partial charge in [-0.05, 0) is 6.07 Å². The van der Waals surface area contributed by atoms with Crippen molar-refractivity contribution >= 4 is 21.6 Å². The van der Waals surface area contributed by atoms with Crippen LogP contribution in [0, 0.1) is 0 Å². The molecule has 3 nitrogen and oxygen atoms in total. The highest BCUT2D eigenvalue weighted by molar-refractivity contribution is 9.08. The topological polar surface area (TPSA) is 58.9 Å². The molecule has 0 aliphatic carbocycles. The summed E-state index contributed by atoms with van der Waals surface area (Å²) in [6, 6.07) is 1.65. The highest BCUT2D eigenvalue weighted by atomic mass is 79.9. The number of rotatable bonds is 1. The molecule has 1 rings (SSSR count). The number of aromatic amines is 1. The maximum Gasteiger partial charge on any atom is 0.252 e. The highest BCUT2D eigenvalue weighted by Gasteiger charge is 1.95. The highest BCUT2D eigenvalue weighted by Crippen LogP contribution is 2.02. The van der Waals surface area contributed by atoms with Crippen molar-refractivity contribution in [2.24, 2.45) is 0 Å². The van der Waals surface area contributed by atoms with Crippen LogP contribution >= 0.6 is 15.9 Å². The van der Waals surface area contributed by atoms with E-state index < -0.39 is 0 Å². The van der Waals surface area contributed by atoms with Crippen LogP contribution in [0.1, 0.15) is 5.56 Å². The van der Waals surface area contributed by atoms with Gasteiger partial charge < -0.3 is 10.7 Å². The Morgan fingerprint density at radius 3 is 2.90 bits per heavy atom. The molecule has 10 heavy (non-hydrogen) atoms. The van der Waals surface area contributed by atoms with Gasteiger partial charge in [-0.2, -0.15) is 0 Å². The van der Waals surface area contributed by atoms with E-state index in [9.17, 15) is 4.79 Å². The molecule has 0 aliphatic heterocycles. The number of alkyl halides is 1. The molecule has 1 aromatic heterocycles. The molecule has 0 spiro atoms. The van der Waals surface area contributed by atoms with Crippen molar-refractivity contribution in [3.05, 3.63) is 28.2 Å². The lowest BCUT2D eigenvalue weighted by molar-refractivity contribution is 1.18. The Hall–Kier alpha value is -0.770. The molecule has 4 heteroatoms. The van der Waals surface area contributed by atoms with Crippen LogP contribution in [0.4, 0.5) is 5.69 Å². The third-order valence-electron chi connectivity index (χ3n) is 1.15. The molecular formula is C6H7BrN2O. The average molecular weight is 203 g/mol. The van der Waals surface area contributed by atoms with Crippen LogP contribution < -0.4 is 11.3 Å². The number of hydrogen-bond acceptors (Lipinski definition) is 2. The first-order chi connectivity index (χ1) is 4.74. The van der Waals surface area contributed by atoms with Gasteiger partial charge in [0.25, 0.3) is 5.56 Å². The Morgan fingerprint density at radius 2 is 2.40 bits per heavy atom. The lowest BCUT2D eigenvalue weighted by Crippen LogP contribution is -2.10. The summed E-state index contributed by atoms with van der Waals surface area (Å²) < 4.78 is 0. The van der Waals surface area contributed by atoms with E-state index in [1.165, 1.54) is 6.20 Å². The van der Waals surface area contributed by atoms with Gasteiger partial charge in [-0.25, -0.2) is 0 Å².